The third-order valence-electron chi connectivity index (χ3n) is 2.83. The van der Waals surface area contributed by atoms with Gasteiger partial charge in [0.15, 0.2) is 12.8 Å². The van der Waals surface area contributed by atoms with Gasteiger partial charge >= 0.3 is 0 Å². The zero-order valence-electron chi connectivity index (χ0n) is 12.2. The van der Waals surface area contributed by atoms with Gasteiger partial charge in [0, 0.05) is 18.4 Å². The van der Waals surface area contributed by atoms with Gasteiger partial charge < -0.3 is 0 Å². The number of rotatable bonds is 3. The number of nitrogens with zero attached hydrogens (tertiary/aromatic N) is 2. The zero-order valence-corrected chi connectivity index (χ0v) is 12.2. The summed E-state index contributed by atoms with van der Waals surface area (Å²) >= 11 is 0. The molecular formula is C16H25N2+. The number of hydrogen-bond acceptors (Lipinski definition) is 1. The molecule has 0 heterocycles. The Bertz CT molecular complexity index is 420. The molecule has 1 rings (SSSR count). The van der Waals surface area contributed by atoms with E-state index in [2.05, 4.69) is 58.1 Å². The van der Waals surface area contributed by atoms with Crippen LogP contribution >= 0.6 is 0 Å². The van der Waals surface area contributed by atoms with Gasteiger partial charge in [-0.3, -0.25) is 0 Å². The van der Waals surface area contributed by atoms with Gasteiger partial charge in [-0.15, -0.1) is 0 Å². The Kier molecular flexibility index (Phi) is 5.76. The fourth-order valence-electron chi connectivity index (χ4n) is 1.80. The highest BCUT2D eigenvalue weighted by molar-refractivity contribution is 6.10. The van der Waals surface area contributed by atoms with Gasteiger partial charge in [-0.25, -0.2) is 0 Å². The number of allylic oxidation sites excluding steroid dienone is 6. The average molecular weight is 245 g/mol. The predicted molar refractivity (Wildman–Crippen MR) is 80.3 cm³/mol. The quantitative estimate of drug-likeness (QED) is 0.408. The van der Waals surface area contributed by atoms with Gasteiger partial charge in [0.1, 0.15) is 5.71 Å². The lowest BCUT2D eigenvalue weighted by atomic mass is 10.1. The maximum atomic E-state index is 4.73. The summed E-state index contributed by atoms with van der Waals surface area (Å²) in [4.78, 5) is 0. The molecule has 2 heteroatoms. The van der Waals surface area contributed by atoms with E-state index in [9.17, 15) is 0 Å². The Morgan fingerprint density at radius 3 is 2.50 bits per heavy atom. The molecule has 18 heavy (non-hydrogen) atoms. The monoisotopic (exact) mass is 245 g/mol. The Labute approximate surface area is 111 Å². The molecule has 0 fully saturated rings. The highest BCUT2D eigenvalue weighted by atomic mass is 15.4. The lowest BCUT2D eigenvalue weighted by molar-refractivity contribution is -0.535. The van der Waals surface area contributed by atoms with Crippen LogP contribution in [0.3, 0.4) is 0 Å². The topological polar surface area (TPSA) is 15.4 Å². The van der Waals surface area contributed by atoms with E-state index in [1.165, 1.54) is 5.57 Å². The fourth-order valence-corrected chi connectivity index (χ4v) is 1.80. The summed E-state index contributed by atoms with van der Waals surface area (Å²) in [6.07, 6.45) is 12.8. The molecule has 1 unspecified atom stereocenters. The van der Waals surface area contributed by atoms with Crippen molar-refractivity contribution in [3.05, 3.63) is 36.0 Å². The van der Waals surface area contributed by atoms with Crippen LogP contribution in [0.1, 0.15) is 34.6 Å². The van der Waals surface area contributed by atoms with Crippen LogP contribution in [0.15, 0.2) is 41.1 Å². The van der Waals surface area contributed by atoms with E-state index in [1.807, 2.05) is 17.8 Å². The first-order valence-corrected chi connectivity index (χ1v) is 6.74. The van der Waals surface area contributed by atoms with Crippen molar-refractivity contribution in [2.75, 3.05) is 6.54 Å². The van der Waals surface area contributed by atoms with E-state index in [0.717, 1.165) is 12.3 Å². The van der Waals surface area contributed by atoms with Crippen LogP contribution in [0, 0.1) is 11.8 Å². The first-order chi connectivity index (χ1) is 8.56. The minimum Gasteiger partial charge on any atom is -0.0948 e. The normalized spacial score (nSPS) is 25.2. The Morgan fingerprint density at radius 1 is 1.28 bits per heavy atom. The number of hydrogen-bond donors (Lipinski definition) is 0. The zero-order chi connectivity index (χ0) is 13.5. The van der Waals surface area contributed by atoms with Crippen LogP contribution in [-0.4, -0.2) is 23.2 Å². The van der Waals surface area contributed by atoms with Crippen LogP contribution in [0.4, 0.5) is 0 Å². The van der Waals surface area contributed by atoms with E-state index in [1.54, 1.807) is 0 Å². The van der Waals surface area contributed by atoms with Crippen LogP contribution in [0.2, 0.25) is 0 Å². The molecule has 2 nitrogen and oxygen atoms in total. The molecule has 0 aromatic carbocycles. The van der Waals surface area contributed by atoms with Crippen LogP contribution in [0.5, 0.6) is 0 Å². The first kappa shape index (κ1) is 14.6. The van der Waals surface area contributed by atoms with Gasteiger partial charge in [0.2, 0.25) is 0 Å². The molecule has 0 aromatic heterocycles. The SMILES string of the molecule is C/C=C1/C=CC(C)C=C/C1=N/[N+](=C\C)CC(C)C. The third-order valence-corrected chi connectivity index (χ3v) is 2.83. The molecule has 0 N–H and O–H groups in total. The second-order valence-electron chi connectivity index (χ2n) is 5.08. The Balaban J connectivity index is 3.04. The lowest BCUT2D eigenvalue weighted by Crippen LogP contribution is -2.15. The molecule has 0 saturated heterocycles. The highest BCUT2D eigenvalue weighted by Gasteiger charge is 2.11. The molecule has 0 aromatic rings. The minimum absolute atomic E-state index is 0.469. The summed E-state index contributed by atoms with van der Waals surface area (Å²) in [7, 11) is 0. The summed E-state index contributed by atoms with van der Waals surface area (Å²) in [6, 6.07) is 0. The van der Waals surface area contributed by atoms with Crippen molar-refractivity contribution in [1.82, 2.24) is 0 Å². The minimum atomic E-state index is 0.469. The predicted octanol–water partition coefficient (Wildman–Crippen LogP) is 3.81. The molecule has 1 aliphatic carbocycles. The van der Waals surface area contributed by atoms with E-state index >= 15 is 0 Å². The average Bonchev–Trinajstić information content (AvgIpc) is 2.50. The maximum absolute atomic E-state index is 4.73. The first-order valence-electron chi connectivity index (χ1n) is 6.74. The summed E-state index contributed by atoms with van der Waals surface area (Å²) in [5.74, 6) is 1.07. The highest BCUT2D eigenvalue weighted by Crippen LogP contribution is 2.13. The fraction of sp³-hybridized carbons (Fsp3) is 0.500. The Morgan fingerprint density at radius 2 is 1.94 bits per heavy atom. The smallest absolute Gasteiger partial charge is 0.0948 e. The van der Waals surface area contributed by atoms with Gasteiger partial charge in [0.05, 0.1) is 0 Å². The molecule has 1 atom stereocenters. The summed E-state index contributed by atoms with van der Waals surface area (Å²) in [5, 5.41) is 4.73. The molecule has 1 aliphatic rings. The van der Waals surface area contributed by atoms with E-state index < -0.39 is 0 Å². The second-order valence-corrected chi connectivity index (χ2v) is 5.08. The van der Waals surface area contributed by atoms with E-state index in [0.29, 0.717) is 11.8 Å². The standard InChI is InChI=1S/C16H25N2/c1-6-15-10-8-14(5)9-11-16(15)17-18(7-2)12-13(3)4/h6-11,13-14H,12H2,1-5H3/q+1/b15-6-,17-16-,18-7-. The summed E-state index contributed by atoms with van der Waals surface area (Å²) in [6.45, 7) is 11.6. The largest absolute Gasteiger partial charge is 0.176 e. The second kappa shape index (κ2) is 7.10. The summed E-state index contributed by atoms with van der Waals surface area (Å²) in [5.41, 5.74) is 2.23. The van der Waals surface area contributed by atoms with Crippen LogP contribution in [0.25, 0.3) is 0 Å². The lowest BCUT2D eigenvalue weighted by Gasteiger charge is -2.02. The molecular weight excluding hydrogens is 220 g/mol. The maximum Gasteiger partial charge on any atom is 0.176 e. The molecule has 0 saturated carbocycles. The van der Waals surface area contributed by atoms with Crippen molar-refractivity contribution < 1.29 is 4.68 Å². The van der Waals surface area contributed by atoms with Crippen LogP contribution in [-0.2, 0) is 0 Å². The molecule has 0 amide bonds. The van der Waals surface area contributed by atoms with Crippen molar-refractivity contribution in [2.45, 2.75) is 34.6 Å². The Hall–Kier alpha value is -1.44. The van der Waals surface area contributed by atoms with E-state index in [4.69, 9.17) is 5.10 Å². The van der Waals surface area contributed by atoms with Gasteiger partial charge in [-0.05, 0) is 24.0 Å². The molecule has 98 valence electrons. The van der Waals surface area contributed by atoms with Gasteiger partial charge in [-0.2, -0.15) is 0 Å². The van der Waals surface area contributed by atoms with Crippen molar-refractivity contribution in [2.24, 2.45) is 16.9 Å². The molecule has 0 radical (unpaired) electrons. The van der Waals surface area contributed by atoms with Gasteiger partial charge in [-0.1, -0.05) is 49.8 Å². The molecule has 0 spiro atoms. The van der Waals surface area contributed by atoms with Crippen molar-refractivity contribution in [3.63, 3.8) is 0 Å². The van der Waals surface area contributed by atoms with Crippen molar-refractivity contribution >= 4 is 11.9 Å². The third kappa shape index (κ3) is 4.44. The molecule has 0 bridgehead atoms. The van der Waals surface area contributed by atoms with Crippen molar-refractivity contribution in [3.8, 4) is 0 Å². The van der Waals surface area contributed by atoms with E-state index in [-0.39, 0.29) is 0 Å². The van der Waals surface area contributed by atoms with Crippen LogP contribution < -0.4 is 0 Å². The molecule has 0 aliphatic heterocycles. The number of hydrazone groups is 1. The van der Waals surface area contributed by atoms with Crippen molar-refractivity contribution in [1.29, 1.82) is 0 Å². The summed E-state index contributed by atoms with van der Waals surface area (Å²) < 4.78 is 2.03. The van der Waals surface area contributed by atoms with Gasteiger partial charge in [0.25, 0.3) is 0 Å².